The molecule has 0 aromatic carbocycles. The van der Waals surface area contributed by atoms with Gasteiger partial charge in [-0.25, -0.2) is 8.78 Å². The first-order valence-corrected chi connectivity index (χ1v) is 5.00. The molecule has 5 atom stereocenters. The molecule has 5 heteroatoms. The van der Waals surface area contributed by atoms with Crippen LogP contribution in [0.1, 0.15) is 20.8 Å². The average molecular weight is 224 g/mol. The lowest BCUT2D eigenvalue weighted by Gasteiger charge is -2.44. The van der Waals surface area contributed by atoms with Crippen molar-refractivity contribution < 1.29 is 23.7 Å². The Morgan fingerprint density at radius 2 is 1.73 bits per heavy atom. The average Bonchev–Trinajstić information content (AvgIpc) is 2.13. The van der Waals surface area contributed by atoms with Crippen molar-refractivity contribution in [1.82, 2.24) is 0 Å². The van der Waals surface area contributed by atoms with E-state index in [-0.39, 0.29) is 0 Å². The van der Waals surface area contributed by atoms with Crippen LogP contribution >= 0.6 is 0 Å². The van der Waals surface area contributed by atoms with E-state index < -0.39 is 42.7 Å². The molecule has 0 spiro atoms. The van der Waals surface area contributed by atoms with Gasteiger partial charge in [-0.2, -0.15) is 0 Å². The lowest BCUT2D eigenvalue weighted by Crippen LogP contribution is -2.59. The Hall–Kier alpha value is -0.260. The largest absolute Gasteiger partial charge is 0.388 e. The molecule has 0 aromatic heterocycles. The summed E-state index contributed by atoms with van der Waals surface area (Å²) in [7, 11) is 0. The molecular formula is C10H18F2O3. The van der Waals surface area contributed by atoms with Crippen LogP contribution < -0.4 is 0 Å². The molecule has 0 amide bonds. The van der Waals surface area contributed by atoms with E-state index in [1.165, 1.54) is 0 Å². The molecule has 90 valence electrons. The Kier molecular flexibility index (Phi) is 3.68. The van der Waals surface area contributed by atoms with Crippen LogP contribution in [-0.2, 0) is 4.74 Å². The fourth-order valence-corrected chi connectivity index (χ4v) is 1.77. The minimum atomic E-state index is -1.87. The number of hydrogen-bond acceptors (Lipinski definition) is 3. The van der Waals surface area contributed by atoms with Crippen molar-refractivity contribution in [3.8, 4) is 0 Å². The van der Waals surface area contributed by atoms with E-state index in [2.05, 4.69) is 0 Å². The van der Waals surface area contributed by atoms with Gasteiger partial charge in [-0.05, 0) is 5.41 Å². The molecule has 0 saturated carbocycles. The normalized spacial score (nSPS) is 43.0. The van der Waals surface area contributed by atoms with Crippen LogP contribution in [0.15, 0.2) is 0 Å². The van der Waals surface area contributed by atoms with Crippen molar-refractivity contribution in [2.24, 2.45) is 5.41 Å². The minimum absolute atomic E-state index is 0.478. The molecule has 1 aliphatic rings. The van der Waals surface area contributed by atoms with Gasteiger partial charge in [0.1, 0.15) is 25.0 Å². The number of rotatable bonds is 1. The first-order valence-electron chi connectivity index (χ1n) is 5.00. The van der Waals surface area contributed by atoms with Gasteiger partial charge >= 0.3 is 0 Å². The summed E-state index contributed by atoms with van der Waals surface area (Å²) in [5.41, 5.74) is -0.478. The molecule has 0 radical (unpaired) electrons. The summed E-state index contributed by atoms with van der Waals surface area (Å²) in [4.78, 5) is 0. The second-order valence-electron chi connectivity index (χ2n) is 5.04. The second kappa shape index (κ2) is 4.31. The molecule has 15 heavy (non-hydrogen) atoms. The SMILES string of the molecule is CC(C)(C)[C@@H]1O[C@H](CF)[C@@H](F)[C@H](O)[C@H]1O. The van der Waals surface area contributed by atoms with Crippen molar-refractivity contribution in [2.45, 2.75) is 51.4 Å². The summed E-state index contributed by atoms with van der Waals surface area (Å²) in [5.74, 6) is 0. The van der Waals surface area contributed by atoms with Gasteiger partial charge in [0.05, 0.1) is 6.10 Å². The molecule has 1 fully saturated rings. The molecule has 1 rings (SSSR count). The third-order valence-corrected chi connectivity index (χ3v) is 2.67. The number of ether oxygens (including phenoxy) is 1. The maximum atomic E-state index is 13.3. The first-order chi connectivity index (χ1) is 6.79. The monoisotopic (exact) mass is 224 g/mol. The zero-order valence-electron chi connectivity index (χ0n) is 9.15. The Labute approximate surface area is 88.1 Å². The van der Waals surface area contributed by atoms with Gasteiger partial charge in [0, 0.05) is 0 Å². The van der Waals surface area contributed by atoms with E-state index in [0.29, 0.717) is 0 Å². The first kappa shape index (κ1) is 12.8. The number of halogens is 2. The van der Waals surface area contributed by atoms with Gasteiger partial charge in [-0.15, -0.1) is 0 Å². The predicted molar refractivity (Wildman–Crippen MR) is 51.0 cm³/mol. The highest BCUT2D eigenvalue weighted by Crippen LogP contribution is 2.34. The van der Waals surface area contributed by atoms with Gasteiger partial charge in [-0.3, -0.25) is 0 Å². The third kappa shape index (κ3) is 2.46. The highest BCUT2D eigenvalue weighted by molar-refractivity contribution is 4.96. The Morgan fingerprint density at radius 3 is 2.13 bits per heavy atom. The van der Waals surface area contributed by atoms with Crippen LogP contribution in [-0.4, -0.2) is 47.5 Å². The number of hydrogen-bond donors (Lipinski definition) is 2. The third-order valence-electron chi connectivity index (χ3n) is 2.67. The van der Waals surface area contributed by atoms with Crippen LogP contribution in [0.25, 0.3) is 0 Å². The molecule has 1 heterocycles. The fraction of sp³-hybridized carbons (Fsp3) is 1.00. The number of aliphatic hydroxyl groups is 2. The maximum Gasteiger partial charge on any atom is 0.157 e. The Balaban J connectivity index is 2.83. The summed E-state index contributed by atoms with van der Waals surface area (Å²) in [6, 6.07) is 0. The highest BCUT2D eigenvalue weighted by atomic mass is 19.1. The topological polar surface area (TPSA) is 49.7 Å². The lowest BCUT2D eigenvalue weighted by molar-refractivity contribution is -0.231. The van der Waals surface area contributed by atoms with E-state index in [0.717, 1.165) is 0 Å². The van der Waals surface area contributed by atoms with Gasteiger partial charge in [0.15, 0.2) is 6.17 Å². The van der Waals surface area contributed by atoms with Gasteiger partial charge in [0.25, 0.3) is 0 Å². The zero-order valence-corrected chi connectivity index (χ0v) is 9.15. The van der Waals surface area contributed by atoms with Crippen molar-refractivity contribution in [3.05, 3.63) is 0 Å². The number of alkyl halides is 2. The Morgan fingerprint density at radius 1 is 1.20 bits per heavy atom. The zero-order chi connectivity index (χ0) is 11.8. The van der Waals surface area contributed by atoms with E-state index in [1.54, 1.807) is 20.8 Å². The van der Waals surface area contributed by atoms with Crippen molar-refractivity contribution in [1.29, 1.82) is 0 Å². The molecule has 1 aliphatic heterocycles. The highest BCUT2D eigenvalue weighted by Gasteiger charge is 2.48. The van der Waals surface area contributed by atoms with Gasteiger partial charge < -0.3 is 14.9 Å². The molecular weight excluding hydrogens is 206 g/mol. The molecule has 0 aliphatic carbocycles. The second-order valence-corrected chi connectivity index (χ2v) is 5.04. The molecule has 0 bridgehead atoms. The standard InChI is InChI=1S/C10H18F2O3/c1-10(2,3)9-8(14)7(13)6(12)5(4-11)15-9/h5-9,13-14H,4H2,1-3H3/t5-,6-,7+,8-,9-/m1/s1. The van der Waals surface area contributed by atoms with Crippen LogP contribution in [0, 0.1) is 5.41 Å². The van der Waals surface area contributed by atoms with Crippen molar-refractivity contribution in [3.63, 3.8) is 0 Å². The summed E-state index contributed by atoms with van der Waals surface area (Å²) in [5, 5.41) is 19.0. The van der Waals surface area contributed by atoms with Crippen molar-refractivity contribution in [2.75, 3.05) is 6.67 Å². The van der Waals surface area contributed by atoms with Crippen molar-refractivity contribution >= 4 is 0 Å². The minimum Gasteiger partial charge on any atom is -0.388 e. The van der Waals surface area contributed by atoms with E-state index in [9.17, 15) is 19.0 Å². The van der Waals surface area contributed by atoms with Crippen LogP contribution in [0.3, 0.4) is 0 Å². The Bertz CT molecular complexity index is 215. The van der Waals surface area contributed by atoms with Gasteiger partial charge in [0.2, 0.25) is 0 Å². The van der Waals surface area contributed by atoms with Crippen LogP contribution in [0.5, 0.6) is 0 Å². The summed E-state index contributed by atoms with van der Waals surface area (Å²) >= 11 is 0. The van der Waals surface area contributed by atoms with Crippen LogP contribution in [0.2, 0.25) is 0 Å². The molecule has 1 saturated heterocycles. The predicted octanol–water partition coefficient (Wildman–Crippen LogP) is 0.829. The molecule has 2 N–H and O–H groups in total. The van der Waals surface area contributed by atoms with Gasteiger partial charge in [-0.1, -0.05) is 20.8 Å². The molecule has 0 unspecified atom stereocenters. The lowest BCUT2D eigenvalue weighted by atomic mass is 9.80. The molecule has 0 aromatic rings. The quantitative estimate of drug-likeness (QED) is 0.693. The summed E-state index contributed by atoms with van der Waals surface area (Å²) in [6.45, 7) is 4.34. The maximum absolute atomic E-state index is 13.3. The summed E-state index contributed by atoms with van der Waals surface area (Å²) in [6.07, 6.45) is -6.82. The van der Waals surface area contributed by atoms with Crippen LogP contribution in [0.4, 0.5) is 8.78 Å². The smallest absolute Gasteiger partial charge is 0.157 e. The summed E-state index contributed by atoms with van der Waals surface area (Å²) < 4.78 is 30.8. The molecule has 3 nitrogen and oxygen atoms in total. The van der Waals surface area contributed by atoms with E-state index in [4.69, 9.17) is 4.74 Å². The fourth-order valence-electron chi connectivity index (χ4n) is 1.77. The number of aliphatic hydroxyl groups excluding tert-OH is 2. The van der Waals surface area contributed by atoms with E-state index >= 15 is 0 Å². The van der Waals surface area contributed by atoms with E-state index in [1.807, 2.05) is 0 Å².